The van der Waals surface area contributed by atoms with Crippen molar-refractivity contribution in [3.05, 3.63) is 371 Å². The highest BCUT2D eigenvalue weighted by Gasteiger charge is 2.24. The van der Waals surface area contributed by atoms with Crippen LogP contribution in [0, 0.1) is 6.92 Å². The number of amides is 8. The molecule has 0 aliphatic rings. The van der Waals surface area contributed by atoms with Gasteiger partial charge in [-0.25, -0.2) is 4.98 Å². The molecule has 30 nitrogen and oxygen atoms in total. The van der Waals surface area contributed by atoms with Crippen LogP contribution in [0.1, 0.15) is 76.8 Å². The van der Waals surface area contributed by atoms with Crippen LogP contribution in [0.2, 0.25) is 0 Å². The molecule has 17 aromatic rings. The maximum atomic E-state index is 12.9. The lowest BCUT2D eigenvalue weighted by molar-refractivity contribution is -0.112. The maximum Gasteiger partial charge on any atom is 0.287 e. The van der Waals surface area contributed by atoms with Gasteiger partial charge in [0, 0.05) is 39.4 Å². The van der Waals surface area contributed by atoms with E-state index < -0.39 is 11.8 Å². The highest BCUT2D eigenvalue weighted by Crippen LogP contribution is 2.27. The lowest BCUT2D eigenvalue weighted by Gasteiger charge is -2.08. The van der Waals surface area contributed by atoms with Crippen LogP contribution in [0.15, 0.2) is 328 Å². The van der Waals surface area contributed by atoms with E-state index in [2.05, 4.69) is 99.4 Å². The molecular weight excluding hydrogens is 1550 g/mol. The van der Waals surface area contributed by atoms with Gasteiger partial charge in [-0.15, -0.1) is 43.1 Å². The number of carbonyl (C=O) groups excluding carboxylic acids is 8. The Kier molecular flexibility index (Phi) is 25.0. The van der Waals surface area contributed by atoms with Gasteiger partial charge in [0.25, 0.3) is 65.1 Å². The lowest BCUT2D eigenvalue weighted by atomic mass is 10.1. The molecule has 0 aliphatic carbocycles. The predicted molar refractivity (Wildman–Crippen MR) is 456 cm³/mol. The third-order valence-electron chi connectivity index (χ3n) is 17.0. The van der Waals surface area contributed by atoms with E-state index >= 15 is 0 Å². The van der Waals surface area contributed by atoms with Crippen molar-refractivity contribution in [1.82, 2.24) is 69.0 Å². The molecule has 8 N–H and O–H groups in total. The van der Waals surface area contributed by atoms with Crippen LogP contribution in [0.25, 0.3) is 43.9 Å². The third-order valence-corrected chi connectivity index (χ3v) is 18.9. The summed E-state index contributed by atoms with van der Waals surface area (Å²) in [4.78, 5) is 126. The van der Waals surface area contributed by atoms with Crippen molar-refractivity contribution in [2.75, 3.05) is 42.5 Å². The summed E-state index contributed by atoms with van der Waals surface area (Å²) < 4.78 is 6.78. The second-order valence-electron chi connectivity index (χ2n) is 25.2. The fraction of sp³-hybridized carbons (Fsp3) is 0.0115. The molecular formula is C87H66N22O8S2. The molecule has 10 aromatic carbocycles. The standard InChI is InChI=1S/C25H18N6O2.C23H16N6O2S.C21H17N5O2S.C18H15N5O2/c32-22(17-8-3-1-4-9-17)27-24-29-25(28-23(33)18-10-5-2-6-11-18)31(30-24)20-13-14-21-19(16-20)12-7-15-26-21;30-19(15-9-3-1-4-10-15)25-22-27-23(29(28-22)16-11-5-2-6-12-16)26-20(31)21-24-17-13-7-8-14-18(17)32-21;1-14-8-5-6-11-16(14)18(27)23-21-24-20(22-19(28)17-12-7-13-29-17)25-26(21)15-9-3-2-4-10-15;1-2-15(24)19-18-21-17(20-16(25)13-9-5-3-6-10-13)22-23(18)14-11-7-4-8-12-14/h1-16H,(H2,27,28,29,30,32,33);1-14H,(H2,25,26,27,28,30,31);2-13H,1H3,(H2,22,23,24,25,27,28);2-12H,1H2,(H2,19,20,21,22,24,25). The predicted octanol–water partition coefficient (Wildman–Crippen LogP) is 15.5. The van der Waals surface area contributed by atoms with Crippen LogP contribution in [0.4, 0.5) is 47.6 Å². The molecule has 0 atom stereocenters. The fourth-order valence-electron chi connectivity index (χ4n) is 11.3. The number of rotatable bonds is 20. The van der Waals surface area contributed by atoms with E-state index in [0.29, 0.717) is 60.5 Å². The summed E-state index contributed by atoms with van der Waals surface area (Å²) >= 11 is 2.61. The number of para-hydroxylation sites is 4. The van der Waals surface area contributed by atoms with E-state index in [1.54, 1.807) is 140 Å². The zero-order valence-corrected chi connectivity index (χ0v) is 64.3. The Morgan fingerprint density at radius 1 is 0.336 bits per heavy atom. The number of benzene rings is 10. The Labute approximate surface area is 685 Å². The zero-order chi connectivity index (χ0) is 82.4. The van der Waals surface area contributed by atoms with Crippen LogP contribution in [-0.2, 0) is 4.79 Å². The van der Waals surface area contributed by atoms with Crippen molar-refractivity contribution in [2.24, 2.45) is 0 Å². The van der Waals surface area contributed by atoms with E-state index in [0.717, 1.165) is 32.8 Å². The summed E-state index contributed by atoms with van der Waals surface area (Å²) in [6.45, 7) is 5.28. The molecule has 584 valence electrons. The number of hydrogen-bond acceptors (Lipinski definition) is 20. The molecule has 0 saturated heterocycles. The number of pyridine rings is 1. The number of anilines is 8. The van der Waals surface area contributed by atoms with E-state index in [9.17, 15) is 38.4 Å². The van der Waals surface area contributed by atoms with Crippen LogP contribution in [0.5, 0.6) is 0 Å². The molecule has 0 fully saturated rings. The summed E-state index contributed by atoms with van der Waals surface area (Å²) in [6.07, 6.45) is 2.85. The Balaban J connectivity index is 0.000000131. The van der Waals surface area contributed by atoms with Crippen molar-refractivity contribution in [3.8, 4) is 22.7 Å². The fourth-order valence-corrected chi connectivity index (χ4v) is 12.8. The van der Waals surface area contributed by atoms with Crippen LogP contribution < -0.4 is 42.5 Å². The Morgan fingerprint density at radius 2 is 0.723 bits per heavy atom. The molecule has 17 rings (SSSR count). The van der Waals surface area contributed by atoms with E-state index in [1.165, 1.54) is 41.4 Å². The minimum Gasteiger partial charge on any atom is -0.291 e. The summed E-state index contributed by atoms with van der Waals surface area (Å²) in [5.41, 5.74) is 7.61. The van der Waals surface area contributed by atoms with Gasteiger partial charge in [0.05, 0.1) is 43.4 Å². The molecule has 0 radical (unpaired) electrons. The SMILES string of the molecule is C=CC(=O)Nc1nc(NC(=O)c2ccccc2)nn1-c1ccccc1.Cc1ccccc1C(=O)Nc1nc(NC(=O)c2cccs2)nn1-c1ccccc1.O=C(Nc1nc(NC(=O)c2ccccc2)n(-c2ccc3ncccc3c2)n1)c1ccccc1.O=C(Nc1nc(NC(=O)c2nc3ccccc3s2)n(-c2ccccc2)n1)c1ccccc1. The van der Waals surface area contributed by atoms with E-state index in [-0.39, 0.29) is 83.0 Å². The van der Waals surface area contributed by atoms with Crippen molar-refractivity contribution < 1.29 is 38.4 Å². The van der Waals surface area contributed by atoms with Gasteiger partial charge in [-0.2, -0.15) is 38.7 Å². The first-order valence-electron chi connectivity index (χ1n) is 36.3. The largest absolute Gasteiger partial charge is 0.291 e. The molecule has 32 heteroatoms. The highest BCUT2D eigenvalue weighted by molar-refractivity contribution is 7.20. The molecule has 7 aromatic heterocycles. The highest BCUT2D eigenvalue weighted by atomic mass is 32.1. The number of thiazole rings is 1. The molecule has 0 spiro atoms. The Morgan fingerprint density at radius 3 is 1.16 bits per heavy atom. The zero-order valence-electron chi connectivity index (χ0n) is 62.7. The minimum absolute atomic E-state index is 0.0681. The van der Waals surface area contributed by atoms with Crippen LogP contribution >= 0.6 is 22.7 Å². The van der Waals surface area contributed by atoms with E-state index in [4.69, 9.17) is 0 Å². The third kappa shape index (κ3) is 20.2. The smallest absolute Gasteiger partial charge is 0.287 e. The molecule has 119 heavy (non-hydrogen) atoms. The van der Waals surface area contributed by atoms with Crippen molar-refractivity contribution in [3.63, 3.8) is 0 Å². The quantitative estimate of drug-likeness (QED) is 0.0329. The van der Waals surface area contributed by atoms with Gasteiger partial charge in [-0.1, -0.05) is 176 Å². The first-order valence-corrected chi connectivity index (χ1v) is 38.0. The number of aryl methyl sites for hydroxylation is 1. The van der Waals surface area contributed by atoms with Gasteiger partial charge in [0.15, 0.2) is 5.01 Å². The number of nitrogens with one attached hydrogen (secondary N) is 8. The summed E-state index contributed by atoms with van der Waals surface area (Å²) in [5.74, 6) is -1.75. The topological polar surface area (TPSA) is 381 Å². The minimum atomic E-state index is -0.425. The van der Waals surface area contributed by atoms with Crippen molar-refractivity contribution in [2.45, 2.75) is 6.92 Å². The normalized spacial score (nSPS) is 10.5. The van der Waals surface area contributed by atoms with Gasteiger partial charge in [-0.3, -0.25) is 85.9 Å². The van der Waals surface area contributed by atoms with Gasteiger partial charge in [-0.05, 0) is 157 Å². The van der Waals surface area contributed by atoms with E-state index in [1.807, 2.05) is 182 Å². The molecule has 8 amide bonds. The number of hydrogen-bond donors (Lipinski definition) is 8. The molecule has 0 unspecified atom stereocenters. The monoisotopic (exact) mass is 1610 g/mol. The van der Waals surface area contributed by atoms with Crippen molar-refractivity contribution >= 4 is 139 Å². The second kappa shape index (κ2) is 37.7. The Hall–Kier alpha value is -16.7. The molecule has 7 heterocycles. The van der Waals surface area contributed by atoms with Crippen LogP contribution in [-0.4, -0.2) is 116 Å². The first kappa shape index (κ1) is 78.9. The lowest BCUT2D eigenvalue weighted by Crippen LogP contribution is -2.17. The average Bonchev–Trinajstić information content (AvgIpc) is 1.69. The summed E-state index contributed by atoms with van der Waals surface area (Å²) in [7, 11) is 0. The number of nitrogens with zero attached hydrogens (tertiary/aromatic N) is 14. The molecule has 0 bridgehead atoms. The first-order chi connectivity index (χ1) is 58.1. The molecule has 0 aliphatic heterocycles. The van der Waals surface area contributed by atoms with Gasteiger partial charge in [0.2, 0.25) is 29.7 Å². The van der Waals surface area contributed by atoms with Crippen molar-refractivity contribution in [1.29, 1.82) is 0 Å². The summed E-state index contributed by atoms with van der Waals surface area (Å²) in [6, 6.07) is 90.3. The maximum absolute atomic E-state index is 12.9. The van der Waals surface area contributed by atoms with Gasteiger partial charge < -0.3 is 0 Å². The average molecular weight is 1610 g/mol. The Bertz CT molecular complexity index is 6440. The van der Waals surface area contributed by atoms with Crippen LogP contribution in [0.3, 0.4) is 0 Å². The molecule has 0 saturated carbocycles. The van der Waals surface area contributed by atoms with Gasteiger partial charge >= 0.3 is 0 Å². The van der Waals surface area contributed by atoms with Gasteiger partial charge in [0.1, 0.15) is 0 Å². The number of fused-ring (bicyclic) bond motifs is 2. The number of carbonyl (C=O) groups is 8. The number of thiophene rings is 1. The number of aromatic nitrogens is 14. The summed E-state index contributed by atoms with van der Waals surface area (Å²) in [5, 5.41) is 42.1. The second-order valence-corrected chi connectivity index (χ2v) is 27.2.